The van der Waals surface area contributed by atoms with Crippen molar-refractivity contribution in [2.24, 2.45) is 5.73 Å². The highest BCUT2D eigenvalue weighted by Gasteiger charge is 2.24. The highest BCUT2D eigenvalue weighted by molar-refractivity contribution is 5.79. The molecule has 0 aliphatic carbocycles. The van der Waals surface area contributed by atoms with Crippen LogP contribution >= 0.6 is 0 Å². The van der Waals surface area contributed by atoms with Crippen LogP contribution in [0.15, 0.2) is 28.9 Å². The first-order valence-corrected chi connectivity index (χ1v) is 6.20. The molecule has 0 spiro atoms. The number of hydrogen-bond acceptors (Lipinski definition) is 3. The summed E-state index contributed by atoms with van der Waals surface area (Å²) in [6, 6.07) is 6.94. The average molecular weight is 230 g/mol. The number of benzene rings is 1. The standard InChI is InChI=1S/C14H18N2O/c1-16-6-3-10-8-11-4-7-17-14(11)9-12(10)13(16)2-5-15/h4,7-9,13H,2-3,5-6,15H2,1H3. The monoisotopic (exact) mass is 230 g/mol. The molecule has 3 heteroatoms. The lowest BCUT2D eigenvalue weighted by Crippen LogP contribution is -2.33. The molecule has 2 heterocycles. The van der Waals surface area contributed by atoms with E-state index in [4.69, 9.17) is 10.2 Å². The lowest BCUT2D eigenvalue weighted by molar-refractivity contribution is 0.222. The number of fused-ring (bicyclic) bond motifs is 2. The summed E-state index contributed by atoms with van der Waals surface area (Å²) in [4.78, 5) is 2.39. The summed E-state index contributed by atoms with van der Waals surface area (Å²) in [5.74, 6) is 0. The van der Waals surface area contributed by atoms with Crippen LogP contribution in [-0.2, 0) is 6.42 Å². The molecule has 1 atom stereocenters. The fourth-order valence-electron chi connectivity index (χ4n) is 2.82. The van der Waals surface area contributed by atoms with E-state index in [2.05, 4.69) is 24.1 Å². The maximum atomic E-state index is 5.72. The zero-order valence-electron chi connectivity index (χ0n) is 10.1. The highest BCUT2D eigenvalue weighted by atomic mass is 16.3. The summed E-state index contributed by atoms with van der Waals surface area (Å²) in [6.07, 6.45) is 3.89. The van der Waals surface area contributed by atoms with Gasteiger partial charge in [0, 0.05) is 18.0 Å². The van der Waals surface area contributed by atoms with E-state index in [1.807, 2.05) is 6.07 Å². The molecule has 3 rings (SSSR count). The summed E-state index contributed by atoms with van der Waals surface area (Å²) in [5, 5.41) is 1.21. The fraction of sp³-hybridized carbons (Fsp3) is 0.429. The molecule has 0 saturated carbocycles. The van der Waals surface area contributed by atoms with E-state index in [1.165, 1.54) is 16.5 Å². The van der Waals surface area contributed by atoms with Gasteiger partial charge in [-0.1, -0.05) is 0 Å². The lowest BCUT2D eigenvalue weighted by atomic mass is 9.90. The number of rotatable bonds is 2. The van der Waals surface area contributed by atoms with E-state index < -0.39 is 0 Å². The van der Waals surface area contributed by atoms with Gasteiger partial charge in [0.1, 0.15) is 5.58 Å². The summed E-state index contributed by atoms with van der Waals surface area (Å²) >= 11 is 0. The number of hydrogen-bond donors (Lipinski definition) is 1. The van der Waals surface area contributed by atoms with Gasteiger partial charge in [-0.05, 0) is 55.8 Å². The summed E-state index contributed by atoms with van der Waals surface area (Å²) in [7, 11) is 2.18. The minimum absolute atomic E-state index is 0.443. The van der Waals surface area contributed by atoms with Gasteiger partial charge in [0.05, 0.1) is 6.26 Å². The second-order valence-corrected chi connectivity index (χ2v) is 4.83. The van der Waals surface area contributed by atoms with E-state index >= 15 is 0 Å². The summed E-state index contributed by atoms with van der Waals surface area (Å²) in [6.45, 7) is 1.84. The molecule has 3 nitrogen and oxygen atoms in total. The maximum absolute atomic E-state index is 5.72. The second kappa shape index (κ2) is 4.17. The number of nitrogens with zero attached hydrogens (tertiary/aromatic N) is 1. The normalized spacial score (nSPS) is 20.7. The first kappa shape index (κ1) is 10.8. The molecule has 0 radical (unpaired) electrons. The topological polar surface area (TPSA) is 42.4 Å². The molecule has 1 aromatic heterocycles. The fourth-order valence-corrected chi connectivity index (χ4v) is 2.82. The molecule has 1 aliphatic rings. The Morgan fingerprint density at radius 3 is 3.18 bits per heavy atom. The maximum Gasteiger partial charge on any atom is 0.134 e. The quantitative estimate of drug-likeness (QED) is 0.861. The Morgan fingerprint density at radius 2 is 2.35 bits per heavy atom. The SMILES string of the molecule is CN1CCc2cc3ccoc3cc2C1CCN. The van der Waals surface area contributed by atoms with E-state index in [0.29, 0.717) is 6.04 Å². The van der Waals surface area contributed by atoms with Crippen LogP contribution in [0.4, 0.5) is 0 Å². The molecule has 2 aromatic rings. The van der Waals surface area contributed by atoms with Crippen molar-refractivity contribution in [2.45, 2.75) is 18.9 Å². The minimum atomic E-state index is 0.443. The van der Waals surface area contributed by atoms with Gasteiger partial charge in [0.25, 0.3) is 0 Å². The molecule has 17 heavy (non-hydrogen) atoms. The lowest BCUT2D eigenvalue weighted by Gasteiger charge is -2.34. The number of furan rings is 1. The van der Waals surface area contributed by atoms with E-state index in [-0.39, 0.29) is 0 Å². The van der Waals surface area contributed by atoms with Crippen molar-refractivity contribution in [3.63, 3.8) is 0 Å². The predicted molar refractivity (Wildman–Crippen MR) is 69.0 cm³/mol. The Kier molecular flexibility index (Phi) is 2.65. The van der Waals surface area contributed by atoms with E-state index in [0.717, 1.165) is 31.5 Å². The van der Waals surface area contributed by atoms with Gasteiger partial charge >= 0.3 is 0 Å². The van der Waals surface area contributed by atoms with Gasteiger partial charge in [0.15, 0.2) is 0 Å². The third kappa shape index (κ3) is 1.75. The third-order valence-electron chi connectivity index (χ3n) is 3.78. The molecule has 2 N–H and O–H groups in total. The highest BCUT2D eigenvalue weighted by Crippen LogP contribution is 2.33. The van der Waals surface area contributed by atoms with E-state index in [1.54, 1.807) is 6.26 Å². The zero-order chi connectivity index (χ0) is 11.8. The molecular formula is C14H18N2O. The molecule has 90 valence electrons. The van der Waals surface area contributed by atoms with Gasteiger partial charge < -0.3 is 10.2 Å². The molecule has 0 amide bonds. The van der Waals surface area contributed by atoms with Crippen molar-refractivity contribution in [3.8, 4) is 0 Å². The van der Waals surface area contributed by atoms with Crippen molar-refractivity contribution in [2.75, 3.05) is 20.1 Å². The number of likely N-dealkylation sites (N-methyl/N-ethyl adjacent to an activating group) is 1. The summed E-state index contributed by atoms with van der Waals surface area (Å²) in [5.41, 5.74) is 9.56. The third-order valence-corrected chi connectivity index (χ3v) is 3.78. The predicted octanol–water partition coefficient (Wildman–Crippen LogP) is 2.31. The van der Waals surface area contributed by atoms with Crippen LogP contribution in [0.5, 0.6) is 0 Å². The van der Waals surface area contributed by atoms with Crippen molar-refractivity contribution in [1.82, 2.24) is 4.90 Å². The van der Waals surface area contributed by atoms with Crippen LogP contribution in [0.3, 0.4) is 0 Å². The van der Waals surface area contributed by atoms with Crippen LogP contribution in [0.1, 0.15) is 23.6 Å². The van der Waals surface area contributed by atoms with Crippen molar-refractivity contribution >= 4 is 11.0 Å². The van der Waals surface area contributed by atoms with Crippen molar-refractivity contribution in [3.05, 3.63) is 35.6 Å². The second-order valence-electron chi connectivity index (χ2n) is 4.83. The molecule has 1 aliphatic heterocycles. The van der Waals surface area contributed by atoms with Gasteiger partial charge in [-0.2, -0.15) is 0 Å². The van der Waals surface area contributed by atoms with E-state index in [9.17, 15) is 0 Å². The minimum Gasteiger partial charge on any atom is -0.464 e. The largest absolute Gasteiger partial charge is 0.464 e. The molecular weight excluding hydrogens is 212 g/mol. The smallest absolute Gasteiger partial charge is 0.134 e. The Hall–Kier alpha value is -1.32. The van der Waals surface area contributed by atoms with Crippen LogP contribution < -0.4 is 5.73 Å². The van der Waals surface area contributed by atoms with Crippen molar-refractivity contribution < 1.29 is 4.42 Å². The number of nitrogens with two attached hydrogens (primary N) is 1. The molecule has 1 aromatic carbocycles. The Labute approximate surface area is 101 Å². The zero-order valence-corrected chi connectivity index (χ0v) is 10.1. The van der Waals surface area contributed by atoms with Crippen LogP contribution in [-0.4, -0.2) is 25.0 Å². The average Bonchev–Trinajstić information content (AvgIpc) is 2.78. The molecule has 0 bridgehead atoms. The first-order chi connectivity index (χ1) is 8.29. The Balaban J connectivity index is 2.11. The van der Waals surface area contributed by atoms with Crippen LogP contribution in [0.2, 0.25) is 0 Å². The van der Waals surface area contributed by atoms with Crippen molar-refractivity contribution in [1.29, 1.82) is 0 Å². The van der Waals surface area contributed by atoms with Gasteiger partial charge in [0.2, 0.25) is 0 Å². The van der Waals surface area contributed by atoms with Crippen LogP contribution in [0, 0.1) is 0 Å². The molecule has 0 saturated heterocycles. The van der Waals surface area contributed by atoms with Crippen LogP contribution in [0.25, 0.3) is 11.0 Å². The molecule has 1 unspecified atom stereocenters. The Morgan fingerprint density at radius 1 is 1.47 bits per heavy atom. The molecule has 0 fully saturated rings. The van der Waals surface area contributed by atoms with Gasteiger partial charge in [-0.3, -0.25) is 4.90 Å². The summed E-state index contributed by atoms with van der Waals surface area (Å²) < 4.78 is 5.50. The first-order valence-electron chi connectivity index (χ1n) is 6.20. The van der Waals surface area contributed by atoms with Gasteiger partial charge in [-0.25, -0.2) is 0 Å². The Bertz CT molecular complexity index is 532. The van der Waals surface area contributed by atoms with Gasteiger partial charge in [-0.15, -0.1) is 0 Å².